The monoisotopic (exact) mass is 398 g/mol. The average Bonchev–Trinajstić information content (AvgIpc) is 3.08. The van der Waals surface area contributed by atoms with Crippen LogP contribution < -0.4 is 14.8 Å². The first-order valence-corrected chi connectivity index (χ1v) is 9.04. The number of methoxy groups -OCH3 is 2. The first-order valence-electron chi connectivity index (χ1n) is 9.04. The molecule has 1 fully saturated rings. The first-order chi connectivity index (χ1) is 13.9. The Morgan fingerprint density at radius 1 is 1.14 bits per heavy atom. The predicted molar refractivity (Wildman–Crippen MR) is 105 cm³/mol. The molecule has 8 heteroatoms. The number of hydrogen-bond donors (Lipinski definition) is 2. The smallest absolute Gasteiger partial charge is 0.339 e. The number of hydrogen-bond acceptors (Lipinski definition) is 5. The molecule has 0 aliphatic carbocycles. The van der Waals surface area contributed by atoms with Crippen molar-refractivity contribution < 1.29 is 29.0 Å². The van der Waals surface area contributed by atoms with Crippen molar-refractivity contribution in [3.05, 3.63) is 53.6 Å². The van der Waals surface area contributed by atoms with Gasteiger partial charge in [0.05, 0.1) is 20.1 Å². The molecule has 0 spiro atoms. The summed E-state index contributed by atoms with van der Waals surface area (Å²) in [6, 6.07) is 11.7. The molecule has 8 nitrogen and oxygen atoms in total. The summed E-state index contributed by atoms with van der Waals surface area (Å²) in [5.74, 6) is -1.08. The molecule has 0 aromatic heterocycles. The van der Waals surface area contributed by atoms with Crippen molar-refractivity contribution in [3.63, 3.8) is 0 Å². The highest BCUT2D eigenvalue weighted by Crippen LogP contribution is 2.26. The molecule has 29 heavy (non-hydrogen) atoms. The molecule has 1 aliphatic rings. The Balaban J connectivity index is 1.63. The van der Waals surface area contributed by atoms with Crippen molar-refractivity contribution in [1.29, 1.82) is 0 Å². The lowest BCUT2D eigenvalue weighted by atomic mass is 10.1. The van der Waals surface area contributed by atoms with E-state index in [0.717, 1.165) is 11.3 Å². The Hall–Kier alpha value is -3.55. The van der Waals surface area contributed by atoms with Gasteiger partial charge in [0.25, 0.3) is 0 Å². The van der Waals surface area contributed by atoms with Crippen molar-refractivity contribution in [2.75, 3.05) is 26.1 Å². The molecular formula is C21H22N2O6. The zero-order valence-electron chi connectivity index (χ0n) is 16.2. The Kier molecular flexibility index (Phi) is 6.01. The van der Waals surface area contributed by atoms with Crippen LogP contribution in [0, 0.1) is 5.92 Å². The van der Waals surface area contributed by atoms with Gasteiger partial charge in [0.1, 0.15) is 17.1 Å². The number of nitrogens with one attached hydrogen (secondary N) is 1. The van der Waals surface area contributed by atoms with Gasteiger partial charge in [0.2, 0.25) is 11.8 Å². The number of nitrogens with zero attached hydrogens (tertiary/aromatic N) is 1. The number of carbonyl (C=O) groups is 3. The minimum Gasteiger partial charge on any atom is -0.497 e. The van der Waals surface area contributed by atoms with Gasteiger partial charge in [-0.3, -0.25) is 9.59 Å². The van der Waals surface area contributed by atoms with Crippen molar-refractivity contribution in [3.8, 4) is 11.5 Å². The number of benzene rings is 2. The number of likely N-dealkylation sites (tertiary alicyclic amines) is 1. The number of aromatic carboxylic acids is 1. The van der Waals surface area contributed by atoms with Crippen molar-refractivity contribution >= 4 is 23.5 Å². The minimum absolute atomic E-state index is 0.00668. The van der Waals surface area contributed by atoms with E-state index in [9.17, 15) is 14.4 Å². The van der Waals surface area contributed by atoms with Crippen LogP contribution in [0.15, 0.2) is 42.5 Å². The Morgan fingerprint density at radius 2 is 1.86 bits per heavy atom. The minimum atomic E-state index is -1.12. The molecular weight excluding hydrogens is 376 g/mol. The molecule has 0 bridgehead atoms. The van der Waals surface area contributed by atoms with E-state index in [1.165, 1.54) is 25.3 Å². The fourth-order valence-electron chi connectivity index (χ4n) is 3.24. The molecule has 1 heterocycles. The maximum absolute atomic E-state index is 12.6. The standard InChI is InChI=1S/C21H22N2O6/c1-28-16-6-3-13(4-7-16)11-23-12-14(9-19(23)24)20(25)22-15-5-8-17(21(26)27)18(10-15)29-2/h3-8,10,14H,9,11-12H2,1-2H3,(H,22,25)(H,26,27). The van der Waals surface area contributed by atoms with Gasteiger partial charge in [-0.25, -0.2) is 4.79 Å². The van der Waals surface area contributed by atoms with Crippen molar-refractivity contribution in [1.82, 2.24) is 4.90 Å². The van der Waals surface area contributed by atoms with Gasteiger partial charge in [0, 0.05) is 31.3 Å². The van der Waals surface area contributed by atoms with Gasteiger partial charge in [-0.15, -0.1) is 0 Å². The zero-order valence-corrected chi connectivity index (χ0v) is 16.2. The SMILES string of the molecule is COc1ccc(CN2CC(C(=O)Nc3ccc(C(=O)O)c(OC)c3)CC2=O)cc1. The predicted octanol–water partition coefficient (Wildman–Crippen LogP) is 2.39. The Morgan fingerprint density at radius 3 is 2.48 bits per heavy atom. The molecule has 2 aromatic carbocycles. The third-order valence-corrected chi connectivity index (χ3v) is 4.82. The number of ether oxygens (including phenoxy) is 2. The second kappa shape index (κ2) is 8.64. The lowest BCUT2D eigenvalue weighted by Crippen LogP contribution is -2.28. The van der Waals surface area contributed by atoms with Gasteiger partial charge in [0.15, 0.2) is 0 Å². The van der Waals surface area contributed by atoms with Crippen LogP contribution in [0.4, 0.5) is 5.69 Å². The van der Waals surface area contributed by atoms with E-state index in [0.29, 0.717) is 18.8 Å². The van der Waals surface area contributed by atoms with Gasteiger partial charge in [-0.05, 0) is 29.8 Å². The highest BCUT2D eigenvalue weighted by Gasteiger charge is 2.34. The van der Waals surface area contributed by atoms with Crippen LogP contribution in [0.2, 0.25) is 0 Å². The number of carboxylic acid groups (broad SMARTS) is 1. The molecule has 2 aromatic rings. The Bertz CT molecular complexity index is 925. The van der Waals surface area contributed by atoms with Crippen LogP contribution in [-0.2, 0) is 16.1 Å². The molecule has 0 saturated carbocycles. The lowest BCUT2D eigenvalue weighted by molar-refractivity contribution is -0.128. The summed E-state index contributed by atoms with van der Waals surface area (Å²) in [6.45, 7) is 0.745. The third-order valence-electron chi connectivity index (χ3n) is 4.82. The van der Waals surface area contributed by atoms with E-state index in [-0.39, 0.29) is 29.5 Å². The van der Waals surface area contributed by atoms with E-state index in [1.807, 2.05) is 24.3 Å². The molecule has 1 atom stereocenters. The molecule has 2 amide bonds. The van der Waals surface area contributed by atoms with Gasteiger partial charge in [-0.2, -0.15) is 0 Å². The molecule has 152 valence electrons. The number of carbonyl (C=O) groups excluding carboxylic acids is 2. The van der Waals surface area contributed by atoms with Crippen LogP contribution in [0.25, 0.3) is 0 Å². The molecule has 0 radical (unpaired) electrons. The van der Waals surface area contributed by atoms with E-state index >= 15 is 0 Å². The fourth-order valence-corrected chi connectivity index (χ4v) is 3.24. The maximum Gasteiger partial charge on any atom is 0.339 e. The van der Waals surface area contributed by atoms with Crippen LogP contribution in [0.1, 0.15) is 22.3 Å². The second-order valence-electron chi connectivity index (χ2n) is 6.73. The van der Waals surface area contributed by atoms with Crippen molar-refractivity contribution in [2.24, 2.45) is 5.92 Å². The summed E-state index contributed by atoms with van der Waals surface area (Å²) in [4.78, 5) is 37.7. The number of carboxylic acids is 1. The number of anilines is 1. The van der Waals surface area contributed by atoms with E-state index in [2.05, 4.69) is 5.32 Å². The summed E-state index contributed by atoms with van der Waals surface area (Å²) >= 11 is 0. The van der Waals surface area contributed by atoms with Gasteiger partial charge < -0.3 is 24.8 Å². The summed E-state index contributed by atoms with van der Waals surface area (Å²) < 4.78 is 10.2. The topological polar surface area (TPSA) is 105 Å². The second-order valence-corrected chi connectivity index (χ2v) is 6.73. The summed E-state index contributed by atoms with van der Waals surface area (Å²) in [6.07, 6.45) is 0.131. The zero-order chi connectivity index (χ0) is 21.0. The highest BCUT2D eigenvalue weighted by molar-refractivity contribution is 5.98. The molecule has 1 saturated heterocycles. The van der Waals surface area contributed by atoms with E-state index < -0.39 is 11.9 Å². The van der Waals surface area contributed by atoms with Crippen LogP contribution >= 0.6 is 0 Å². The Labute approximate surface area is 168 Å². The lowest BCUT2D eigenvalue weighted by Gasteiger charge is -2.17. The summed E-state index contributed by atoms with van der Waals surface area (Å²) in [5, 5.41) is 11.9. The highest BCUT2D eigenvalue weighted by atomic mass is 16.5. The maximum atomic E-state index is 12.6. The normalized spacial score (nSPS) is 15.9. The molecule has 1 unspecified atom stereocenters. The first kappa shape index (κ1) is 20.2. The quantitative estimate of drug-likeness (QED) is 0.742. The van der Waals surface area contributed by atoms with Crippen molar-refractivity contribution in [2.45, 2.75) is 13.0 Å². The molecule has 1 aliphatic heterocycles. The van der Waals surface area contributed by atoms with Gasteiger partial charge >= 0.3 is 5.97 Å². The number of rotatable bonds is 7. The summed E-state index contributed by atoms with van der Waals surface area (Å²) in [5.41, 5.74) is 1.37. The van der Waals surface area contributed by atoms with E-state index in [1.54, 1.807) is 12.0 Å². The largest absolute Gasteiger partial charge is 0.497 e. The third kappa shape index (κ3) is 4.66. The van der Waals surface area contributed by atoms with Crippen LogP contribution in [-0.4, -0.2) is 48.6 Å². The number of amides is 2. The molecule has 3 rings (SSSR count). The van der Waals surface area contributed by atoms with E-state index in [4.69, 9.17) is 14.6 Å². The van der Waals surface area contributed by atoms with Gasteiger partial charge in [-0.1, -0.05) is 12.1 Å². The van der Waals surface area contributed by atoms with Crippen LogP contribution in [0.3, 0.4) is 0 Å². The molecule has 2 N–H and O–H groups in total. The summed E-state index contributed by atoms with van der Waals surface area (Å²) in [7, 11) is 2.95. The average molecular weight is 398 g/mol. The van der Waals surface area contributed by atoms with Crippen LogP contribution in [0.5, 0.6) is 11.5 Å². The fraction of sp³-hybridized carbons (Fsp3) is 0.286.